The molecule has 0 spiro atoms. The van der Waals surface area contributed by atoms with Crippen LogP contribution in [0.25, 0.3) is 0 Å². The molecule has 1 fully saturated rings. The molecule has 0 radical (unpaired) electrons. The van der Waals surface area contributed by atoms with Crippen LogP contribution in [-0.2, 0) is 19.0 Å². The third-order valence-corrected chi connectivity index (χ3v) is 5.10. The van der Waals surface area contributed by atoms with Gasteiger partial charge in [-0.15, -0.1) is 11.3 Å². The standard InChI is InChI=1S/C15H20BrNO5S/c1-5-12(18)17(9-7-21-15(2,3)22-8-9)10-6-11(16)23-13(10)14(19)20-4/h6,9H,5,7-8H2,1-4H3. The van der Waals surface area contributed by atoms with Gasteiger partial charge in [-0.3, -0.25) is 4.79 Å². The second-order valence-electron chi connectivity index (χ2n) is 5.55. The lowest BCUT2D eigenvalue weighted by Gasteiger charge is -2.40. The minimum Gasteiger partial charge on any atom is -0.465 e. The molecule has 1 aromatic heterocycles. The lowest BCUT2D eigenvalue weighted by molar-refractivity contribution is -0.249. The summed E-state index contributed by atoms with van der Waals surface area (Å²) in [6.07, 6.45) is 0.313. The molecule has 1 aliphatic heterocycles. The SMILES string of the molecule is CCC(=O)N(c1cc(Br)sc1C(=O)OC)C1COC(C)(C)OC1. The Kier molecular flexibility index (Phi) is 5.83. The Morgan fingerprint density at radius 3 is 2.57 bits per heavy atom. The van der Waals surface area contributed by atoms with Crippen molar-refractivity contribution in [3.63, 3.8) is 0 Å². The fourth-order valence-corrected chi connectivity index (χ4v) is 3.80. The average molecular weight is 406 g/mol. The first kappa shape index (κ1) is 18.4. The molecule has 0 N–H and O–H groups in total. The van der Waals surface area contributed by atoms with Gasteiger partial charge in [0.25, 0.3) is 0 Å². The van der Waals surface area contributed by atoms with Crippen LogP contribution in [0.2, 0.25) is 0 Å². The van der Waals surface area contributed by atoms with Gasteiger partial charge in [0.15, 0.2) is 5.79 Å². The topological polar surface area (TPSA) is 65.1 Å². The van der Waals surface area contributed by atoms with E-state index in [0.717, 1.165) is 3.79 Å². The molecular formula is C15H20BrNO5S. The van der Waals surface area contributed by atoms with Gasteiger partial charge in [0, 0.05) is 6.42 Å². The number of amides is 1. The molecule has 1 amide bonds. The summed E-state index contributed by atoms with van der Waals surface area (Å²) in [6.45, 7) is 6.12. The van der Waals surface area contributed by atoms with E-state index < -0.39 is 11.8 Å². The molecule has 1 saturated heterocycles. The van der Waals surface area contributed by atoms with Crippen molar-refractivity contribution >= 4 is 44.8 Å². The molecule has 0 atom stereocenters. The van der Waals surface area contributed by atoms with Gasteiger partial charge in [-0.1, -0.05) is 6.92 Å². The summed E-state index contributed by atoms with van der Waals surface area (Å²) >= 11 is 4.61. The molecule has 1 aromatic rings. The van der Waals surface area contributed by atoms with E-state index in [-0.39, 0.29) is 11.9 Å². The zero-order valence-corrected chi connectivity index (χ0v) is 16.0. The number of anilines is 1. The van der Waals surface area contributed by atoms with Crippen LogP contribution in [0.4, 0.5) is 5.69 Å². The minimum absolute atomic E-state index is 0.0997. The number of methoxy groups -OCH3 is 1. The summed E-state index contributed by atoms with van der Waals surface area (Å²) in [5.41, 5.74) is 0.525. The van der Waals surface area contributed by atoms with Gasteiger partial charge in [0.2, 0.25) is 5.91 Å². The van der Waals surface area contributed by atoms with Crippen LogP contribution in [0.5, 0.6) is 0 Å². The molecular weight excluding hydrogens is 386 g/mol. The summed E-state index contributed by atoms with van der Waals surface area (Å²) in [4.78, 5) is 26.5. The van der Waals surface area contributed by atoms with Crippen molar-refractivity contribution in [2.45, 2.75) is 39.0 Å². The number of carbonyl (C=O) groups excluding carboxylic acids is 2. The van der Waals surface area contributed by atoms with E-state index in [1.807, 2.05) is 13.8 Å². The van der Waals surface area contributed by atoms with E-state index in [0.29, 0.717) is 30.2 Å². The Bertz CT molecular complexity index is 591. The Labute approximate surface area is 147 Å². The first-order valence-corrected chi connectivity index (χ1v) is 8.87. The second kappa shape index (κ2) is 7.29. The first-order valence-electron chi connectivity index (χ1n) is 7.26. The van der Waals surface area contributed by atoms with Crippen LogP contribution in [0.3, 0.4) is 0 Å². The van der Waals surface area contributed by atoms with Gasteiger partial charge < -0.3 is 19.1 Å². The summed E-state index contributed by atoms with van der Waals surface area (Å²) in [5, 5.41) is 0. The van der Waals surface area contributed by atoms with E-state index >= 15 is 0 Å². The summed E-state index contributed by atoms with van der Waals surface area (Å²) in [6, 6.07) is 1.46. The Morgan fingerprint density at radius 1 is 1.43 bits per heavy atom. The second-order valence-corrected chi connectivity index (χ2v) is 7.98. The van der Waals surface area contributed by atoms with Crippen LogP contribution < -0.4 is 4.90 Å². The first-order chi connectivity index (χ1) is 10.8. The molecule has 6 nitrogen and oxygen atoms in total. The lowest BCUT2D eigenvalue weighted by Crippen LogP contribution is -2.52. The van der Waals surface area contributed by atoms with Crippen molar-refractivity contribution in [3.8, 4) is 0 Å². The third-order valence-electron chi connectivity index (χ3n) is 3.50. The number of nitrogens with zero attached hydrogens (tertiary/aromatic N) is 1. The molecule has 0 aromatic carbocycles. The van der Waals surface area contributed by atoms with Gasteiger partial charge in [-0.05, 0) is 35.8 Å². The van der Waals surface area contributed by atoms with Crippen molar-refractivity contribution in [3.05, 3.63) is 14.7 Å². The number of hydrogen-bond acceptors (Lipinski definition) is 6. The predicted octanol–water partition coefficient (Wildman–Crippen LogP) is 3.19. The highest BCUT2D eigenvalue weighted by Gasteiger charge is 2.36. The number of thiophene rings is 1. The fraction of sp³-hybridized carbons (Fsp3) is 0.600. The Balaban J connectivity index is 2.37. The number of rotatable bonds is 4. The number of esters is 1. The van der Waals surface area contributed by atoms with Crippen LogP contribution in [0, 0.1) is 0 Å². The highest BCUT2D eigenvalue weighted by molar-refractivity contribution is 9.11. The van der Waals surface area contributed by atoms with Crippen molar-refractivity contribution in [2.24, 2.45) is 0 Å². The van der Waals surface area contributed by atoms with Crippen LogP contribution in [-0.4, -0.2) is 44.0 Å². The molecule has 8 heteroatoms. The fourth-order valence-electron chi connectivity index (χ4n) is 2.31. The number of ether oxygens (including phenoxy) is 3. The van der Waals surface area contributed by atoms with Gasteiger partial charge >= 0.3 is 5.97 Å². The van der Waals surface area contributed by atoms with Gasteiger partial charge in [0.1, 0.15) is 4.88 Å². The summed E-state index contributed by atoms with van der Waals surface area (Å²) in [5.74, 6) is -1.24. The summed E-state index contributed by atoms with van der Waals surface area (Å²) < 4.78 is 16.9. The molecule has 0 bridgehead atoms. The third kappa shape index (κ3) is 4.12. The monoisotopic (exact) mass is 405 g/mol. The van der Waals surface area contributed by atoms with Crippen LogP contribution >= 0.6 is 27.3 Å². The molecule has 128 valence electrons. The number of carbonyl (C=O) groups is 2. The van der Waals surface area contributed by atoms with Crippen molar-refractivity contribution in [2.75, 3.05) is 25.2 Å². The van der Waals surface area contributed by atoms with Crippen molar-refractivity contribution < 1.29 is 23.8 Å². The van der Waals surface area contributed by atoms with Crippen molar-refractivity contribution in [1.82, 2.24) is 0 Å². The lowest BCUT2D eigenvalue weighted by atomic mass is 10.2. The minimum atomic E-state index is -0.669. The molecule has 0 unspecified atom stereocenters. The molecule has 0 aliphatic carbocycles. The zero-order valence-electron chi connectivity index (χ0n) is 13.6. The van der Waals surface area contributed by atoms with Crippen molar-refractivity contribution in [1.29, 1.82) is 0 Å². The van der Waals surface area contributed by atoms with E-state index in [4.69, 9.17) is 14.2 Å². The quantitative estimate of drug-likeness (QED) is 0.719. The maximum atomic E-state index is 12.5. The maximum absolute atomic E-state index is 12.5. The average Bonchev–Trinajstić information content (AvgIpc) is 2.89. The molecule has 2 rings (SSSR count). The largest absolute Gasteiger partial charge is 0.465 e. The van der Waals surface area contributed by atoms with Gasteiger partial charge in [-0.25, -0.2) is 4.79 Å². The van der Waals surface area contributed by atoms with Crippen LogP contribution in [0.15, 0.2) is 9.85 Å². The smallest absolute Gasteiger partial charge is 0.350 e. The highest BCUT2D eigenvalue weighted by Crippen LogP contribution is 2.36. The Morgan fingerprint density at radius 2 is 2.04 bits per heavy atom. The van der Waals surface area contributed by atoms with E-state index in [2.05, 4.69) is 15.9 Å². The maximum Gasteiger partial charge on any atom is 0.350 e. The number of hydrogen-bond donors (Lipinski definition) is 0. The molecule has 0 saturated carbocycles. The van der Waals surface area contributed by atoms with E-state index in [9.17, 15) is 9.59 Å². The Hall–Kier alpha value is -0.960. The normalized spacial score (nSPS) is 17.8. The highest BCUT2D eigenvalue weighted by atomic mass is 79.9. The van der Waals surface area contributed by atoms with Gasteiger partial charge in [-0.2, -0.15) is 0 Å². The van der Waals surface area contributed by atoms with Gasteiger partial charge in [0.05, 0.1) is 35.8 Å². The predicted molar refractivity (Wildman–Crippen MR) is 90.9 cm³/mol. The molecule has 1 aliphatic rings. The number of halogens is 1. The van der Waals surface area contributed by atoms with E-state index in [1.165, 1.54) is 18.4 Å². The van der Waals surface area contributed by atoms with E-state index in [1.54, 1.807) is 17.9 Å². The summed E-state index contributed by atoms with van der Waals surface area (Å²) in [7, 11) is 1.32. The van der Waals surface area contributed by atoms with Crippen LogP contribution in [0.1, 0.15) is 36.9 Å². The molecule has 2 heterocycles. The zero-order chi connectivity index (χ0) is 17.2. The molecule has 23 heavy (non-hydrogen) atoms.